The van der Waals surface area contributed by atoms with Gasteiger partial charge in [-0.2, -0.15) is 0 Å². The Hall–Kier alpha value is -0.0800. The van der Waals surface area contributed by atoms with Crippen LogP contribution in [0.4, 0.5) is 0 Å². The number of likely N-dealkylation sites (N-methyl/N-ethyl adjacent to an activating group) is 1. The monoisotopic (exact) mass is 171 g/mol. The Morgan fingerprint density at radius 2 is 2.33 bits per heavy atom. The van der Waals surface area contributed by atoms with Crippen molar-refractivity contribution in [2.75, 3.05) is 20.2 Å². The summed E-state index contributed by atoms with van der Waals surface area (Å²) in [4.78, 5) is 2.32. The number of ether oxygens (including phenoxy) is 1. The predicted molar refractivity (Wildman–Crippen MR) is 51.1 cm³/mol. The molecular formula is C10H21NO. The van der Waals surface area contributed by atoms with Crippen molar-refractivity contribution in [2.24, 2.45) is 5.92 Å². The Labute approximate surface area is 75.9 Å². The van der Waals surface area contributed by atoms with Crippen LogP contribution in [-0.4, -0.2) is 31.3 Å². The first kappa shape index (κ1) is 10.0. The minimum Gasteiger partial charge on any atom is -0.362 e. The Morgan fingerprint density at radius 1 is 1.58 bits per heavy atom. The fraction of sp³-hybridized carbons (Fsp3) is 1.00. The summed E-state index contributed by atoms with van der Waals surface area (Å²) in [6, 6.07) is 0. The van der Waals surface area contributed by atoms with Crippen molar-refractivity contribution in [3.05, 3.63) is 0 Å². The van der Waals surface area contributed by atoms with Crippen molar-refractivity contribution in [2.45, 2.75) is 39.3 Å². The lowest BCUT2D eigenvalue weighted by Crippen LogP contribution is -2.32. The number of unbranched alkanes of at least 4 members (excludes halogenated alkanes) is 1. The van der Waals surface area contributed by atoms with E-state index >= 15 is 0 Å². The molecule has 1 heterocycles. The average Bonchev–Trinajstić information content (AvgIpc) is 2.47. The Kier molecular flexibility index (Phi) is 4.02. The van der Waals surface area contributed by atoms with Gasteiger partial charge in [0.1, 0.15) is 6.23 Å². The van der Waals surface area contributed by atoms with Gasteiger partial charge in [0.15, 0.2) is 0 Å². The summed E-state index contributed by atoms with van der Waals surface area (Å²) in [5.74, 6) is 0.692. The summed E-state index contributed by atoms with van der Waals surface area (Å²) in [6.45, 7) is 6.55. The quantitative estimate of drug-likeness (QED) is 0.642. The van der Waals surface area contributed by atoms with Crippen molar-refractivity contribution < 1.29 is 4.74 Å². The summed E-state index contributed by atoms with van der Waals surface area (Å²) >= 11 is 0. The van der Waals surface area contributed by atoms with Gasteiger partial charge >= 0.3 is 0 Å². The van der Waals surface area contributed by atoms with Gasteiger partial charge in [-0.1, -0.05) is 26.7 Å². The molecule has 0 radical (unpaired) electrons. The molecule has 1 aliphatic rings. The highest BCUT2D eigenvalue weighted by Crippen LogP contribution is 2.20. The first-order valence-electron chi connectivity index (χ1n) is 5.07. The van der Waals surface area contributed by atoms with Gasteiger partial charge in [0.2, 0.25) is 0 Å². The molecule has 0 saturated carbocycles. The third-order valence-electron chi connectivity index (χ3n) is 2.67. The Balaban J connectivity index is 2.25. The summed E-state index contributed by atoms with van der Waals surface area (Å²) in [5.41, 5.74) is 0. The van der Waals surface area contributed by atoms with E-state index in [-0.39, 0.29) is 0 Å². The summed E-state index contributed by atoms with van der Waals surface area (Å²) in [5, 5.41) is 0. The third kappa shape index (κ3) is 2.46. The van der Waals surface area contributed by atoms with Crippen LogP contribution in [0.3, 0.4) is 0 Å². The lowest BCUT2D eigenvalue weighted by atomic mass is 10.0. The van der Waals surface area contributed by atoms with Crippen molar-refractivity contribution >= 4 is 0 Å². The minimum absolute atomic E-state index is 0.386. The van der Waals surface area contributed by atoms with E-state index < -0.39 is 0 Å². The molecule has 0 bridgehead atoms. The van der Waals surface area contributed by atoms with Crippen LogP contribution < -0.4 is 0 Å². The lowest BCUT2D eigenvalue weighted by molar-refractivity contribution is 0.000209. The van der Waals surface area contributed by atoms with Gasteiger partial charge in [-0.3, -0.25) is 4.90 Å². The van der Waals surface area contributed by atoms with Crippen LogP contribution in [0, 0.1) is 5.92 Å². The molecule has 0 aromatic carbocycles. The van der Waals surface area contributed by atoms with Crippen LogP contribution in [-0.2, 0) is 4.74 Å². The van der Waals surface area contributed by atoms with E-state index in [0.717, 1.165) is 13.2 Å². The molecule has 1 fully saturated rings. The van der Waals surface area contributed by atoms with Crippen molar-refractivity contribution in [1.29, 1.82) is 0 Å². The second kappa shape index (κ2) is 4.83. The molecule has 12 heavy (non-hydrogen) atoms. The predicted octanol–water partition coefficient (Wildman–Crippen LogP) is 2.10. The lowest BCUT2D eigenvalue weighted by Gasteiger charge is -2.24. The fourth-order valence-electron chi connectivity index (χ4n) is 1.84. The second-order valence-corrected chi connectivity index (χ2v) is 3.86. The molecule has 2 heteroatoms. The summed E-state index contributed by atoms with van der Waals surface area (Å²) < 4.78 is 5.65. The van der Waals surface area contributed by atoms with Crippen LogP contribution in [0.1, 0.15) is 33.1 Å². The molecule has 2 nitrogen and oxygen atoms in total. The highest BCUT2D eigenvalue weighted by atomic mass is 16.5. The van der Waals surface area contributed by atoms with Gasteiger partial charge in [0.25, 0.3) is 0 Å². The standard InChI is InChI=1S/C10H21NO/c1-4-5-6-9(2)10-11(3)7-8-12-10/h9-10H,4-8H2,1-3H3/t9-,10-/m0/s1. The zero-order chi connectivity index (χ0) is 8.97. The van der Waals surface area contributed by atoms with Crippen molar-refractivity contribution in [3.63, 3.8) is 0 Å². The maximum Gasteiger partial charge on any atom is 0.113 e. The van der Waals surface area contributed by atoms with Crippen molar-refractivity contribution in [1.82, 2.24) is 4.90 Å². The Bertz CT molecular complexity index is 127. The first-order chi connectivity index (χ1) is 5.75. The molecule has 1 aliphatic heterocycles. The van der Waals surface area contributed by atoms with Gasteiger partial charge in [-0.05, 0) is 19.4 Å². The first-order valence-corrected chi connectivity index (χ1v) is 5.07. The molecule has 72 valence electrons. The smallest absolute Gasteiger partial charge is 0.113 e. The normalized spacial score (nSPS) is 27.8. The average molecular weight is 171 g/mol. The number of nitrogens with zero attached hydrogens (tertiary/aromatic N) is 1. The molecule has 0 amide bonds. The molecule has 2 atom stereocenters. The molecular weight excluding hydrogens is 150 g/mol. The van der Waals surface area contributed by atoms with Crippen LogP contribution in [0.15, 0.2) is 0 Å². The van der Waals surface area contributed by atoms with Gasteiger partial charge < -0.3 is 4.74 Å². The van der Waals surface area contributed by atoms with E-state index in [0.29, 0.717) is 12.1 Å². The van der Waals surface area contributed by atoms with E-state index in [1.165, 1.54) is 19.3 Å². The summed E-state index contributed by atoms with van der Waals surface area (Å²) in [6.07, 6.45) is 4.30. The van der Waals surface area contributed by atoms with Crippen LogP contribution in [0.2, 0.25) is 0 Å². The Morgan fingerprint density at radius 3 is 2.83 bits per heavy atom. The van der Waals surface area contributed by atoms with E-state index in [1.54, 1.807) is 0 Å². The van der Waals surface area contributed by atoms with E-state index in [9.17, 15) is 0 Å². The molecule has 1 saturated heterocycles. The molecule has 0 unspecified atom stereocenters. The zero-order valence-electron chi connectivity index (χ0n) is 8.55. The van der Waals surface area contributed by atoms with Crippen LogP contribution in [0.5, 0.6) is 0 Å². The van der Waals surface area contributed by atoms with E-state index in [2.05, 4.69) is 25.8 Å². The highest BCUT2D eigenvalue weighted by molar-refractivity contribution is 4.71. The number of hydrogen-bond acceptors (Lipinski definition) is 2. The topological polar surface area (TPSA) is 12.5 Å². The molecule has 1 rings (SSSR count). The highest BCUT2D eigenvalue weighted by Gasteiger charge is 2.26. The van der Waals surface area contributed by atoms with E-state index in [4.69, 9.17) is 4.74 Å². The zero-order valence-corrected chi connectivity index (χ0v) is 8.55. The summed E-state index contributed by atoms with van der Waals surface area (Å²) in [7, 11) is 2.15. The second-order valence-electron chi connectivity index (χ2n) is 3.86. The third-order valence-corrected chi connectivity index (χ3v) is 2.67. The number of rotatable bonds is 4. The van der Waals surface area contributed by atoms with Gasteiger partial charge in [-0.15, -0.1) is 0 Å². The van der Waals surface area contributed by atoms with Gasteiger partial charge in [-0.25, -0.2) is 0 Å². The minimum atomic E-state index is 0.386. The maximum atomic E-state index is 5.65. The SMILES string of the molecule is CCCC[C@H](C)[C@@H]1OCCN1C. The molecule has 0 aliphatic carbocycles. The maximum absolute atomic E-state index is 5.65. The molecule has 0 aromatic heterocycles. The van der Waals surface area contributed by atoms with Crippen LogP contribution >= 0.6 is 0 Å². The number of hydrogen-bond donors (Lipinski definition) is 0. The van der Waals surface area contributed by atoms with Crippen molar-refractivity contribution in [3.8, 4) is 0 Å². The largest absolute Gasteiger partial charge is 0.362 e. The van der Waals surface area contributed by atoms with Gasteiger partial charge in [0.05, 0.1) is 6.61 Å². The molecule has 0 N–H and O–H groups in total. The van der Waals surface area contributed by atoms with Crippen LogP contribution in [0.25, 0.3) is 0 Å². The fourth-order valence-corrected chi connectivity index (χ4v) is 1.84. The van der Waals surface area contributed by atoms with E-state index in [1.807, 2.05) is 0 Å². The molecule has 0 spiro atoms. The molecule has 0 aromatic rings. The van der Waals surface area contributed by atoms with Gasteiger partial charge in [0, 0.05) is 6.54 Å².